The summed E-state index contributed by atoms with van der Waals surface area (Å²) in [6, 6.07) is 10.8. The minimum Gasteiger partial charge on any atom is -0.493 e. The summed E-state index contributed by atoms with van der Waals surface area (Å²) in [6.45, 7) is 4.95. The molecule has 0 spiro atoms. The molecule has 1 unspecified atom stereocenters. The Hall–Kier alpha value is -1.32. The molecule has 0 aliphatic heterocycles. The van der Waals surface area contributed by atoms with Crippen LogP contribution in [0.5, 0.6) is 5.75 Å². The first-order valence-corrected chi connectivity index (χ1v) is 8.07. The minimum absolute atomic E-state index is 0.205. The van der Waals surface area contributed by atoms with Crippen molar-refractivity contribution in [1.82, 2.24) is 0 Å². The van der Waals surface area contributed by atoms with Crippen LogP contribution in [0.15, 0.2) is 35.7 Å². The maximum absolute atomic E-state index is 6.08. The number of rotatable bonds is 7. The first-order chi connectivity index (χ1) is 9.69. The second-order valence-corrected chi connectivity index (χ2v) is 6.19. The lowest BCUT2D eigenvalue weighted by molar-refractivity contribution is 0.318. The highest BCUT2D eigenvalue weighted by Gasteiger charge is 2.08. The Bertz CT molecular complexity index is 522. The fourth-order valence-electron chi connectivity index (χ4n) is 2.15. The molecule has 3 heteroatoms. The topological polar surface area (TPSA) is 35.2 Å². The van der Waals surface area contributed by atoms with Gasteiger partial charge in [0.15, 0.2) is 0 Å². The van der Waals surface area contributed by atoms with Gasteiger partial charge < -0.3 is 10.5 Å². The molecule has 108 valence electrons. The lowest BCUT2D eigenvalue weighted by Gasteiger charge is -2.15. The number of benzene rings is 1. The van der Waals surface area contributed by atoms with E-state index in [-0.39, 0.29) is 6.04 Å². The van der Waals surface area contributed by atoms with E-state index in [1.165, 1.54) is 16.0 Å². The number of hydrogen-bond acceptors (Lipinski definition) is 3. The van der Waals surface area contributed by atoms with Gasteiger partial charge in [-0.1, -0.05) is 30.7 Å². The summed E-state index contributed by atoms with van der Waals surface area (Å²) >= 11 is 1.78. The maximum atomic E-state index is 6.08. The summed E-state index contributed by atoms with van der Waals surface area (Å²) < 4.78 is 5.96. The third-order valence-corrected chi connectivity index (χ3v) is 4.34. The van der Waals surface area contributed by atoms with Gasteiger partial charge in [-0.15, -0.1) is 11.3 Å². The minimum atomic E-state index is 0.205. The fourth-order valence-corrected chi connectivity index (χ4v) is 2.84. The molecule has 0 radical (unpaired) electrons. The number of aryl methyl sites for hydroxylation is 1. The van der Waals surface area contributed by atoms with E-state index in [4.69, 9.17) is 10.5 Å². The van der Waals surface area contributed by atoms with Gasteiger partial charge in [-0.2, -0.15) is 0 Å². The van der Waals surface area contributed by atoms with Crippen LogP contribution in [0, 0.1) is 6.92 Å². The molecule has 20 heavy (non-hydrogen) atoms. The molecule has 0 saturated carbocycles. The van der Waals surface area contributed by atoms with E-state index in [0.29, 0.717) is 0 Å². The molecule has 0 fully saturated rings. The SMILES string of the molecule is CCC(N)Cc1cc(C)ccc1OCCc1cccs1. The molecular weight excluding hydrogens is 266 g/mol. The van der Waals surface area contributed by atoms with Crippen molar-refractivity contribution in [3.63, 3.8) is 0 Å². The summed E-state index contributed by atoms with van der Waals surface area (Å²) in [5.74, 6) is 0.982. The Balaban J connectivity index is 1.98. The van der Waals surface area contributed by atoms with Gasteiger partial charge in [-0.05, 0) is 42.8 Å². The molecule has 0 amide bonds. The zero-order valence-electron chi connectivity index (χ0n) is 12.3. The third kappa shape index (κ3) is 4.36. The van der Waals surface area contributed by atoms with Crippen LogP contribution in [0.3, 0.4) is 0 Å². The lowest BCUT2D eigenvalue weighted by Crippen LogP contribution is -2.22. The first-order valence-electron chi connectivity index (χ1n) is 7.19. The number of nitrogens with two attached hydrogens (primary N) is 1. The van der Waals surface area contributed by atoms with Crippen molar-refractivity contribution in [3.05, 3.63) is 51.7 Å². The molecule has 1 aromatic carbocycles. The van der Waals surface area contributed by atoms with E-state index in [1.807, 2.05) is 0 Å². The predicted octanol–water partition coefficient (Wildman–Crippen LogP) is 3.96. The number of thiophene rings is 1. The summed E-state index contributed by atoms with van der Waals surface area (Å²) in [7, 11) is 0. The number of ether oxygens (including phenoxy) is 1. The van der Waals surface area contributed by atoms with Crippen LogP contribution in [0.2, 0.25) is 0 Å². The van der Waals surface area contributed by atoms with Crippen molar-refractivity contribution in [1.29, 1.82) is 0 Å². The standard InChI is InChI=1S/C17H23NOS/c1-3-15(18)12-14-11-13(2)6-7-17(14)19-9-8-16-5-4-10-20-16/h4-7,10-11,15H,3,8-9,12,18H2,1-2H3. The van der Waals surface area contributed by atoms with Crippen molar-refractivity contribution in [2.45, 2.75) is 39.2 Å². The van der Waals surface area contributed by atoms with Crippen LogP contribution in [0.1, 0.15) is 29.3 Å². The first kappa shape index (κ1) is 15.1. The van der Waals surface area contributed by atoms with Crippen LogP contribution >= 0.6 is 11.3 Å². The van der Waals surface area contributed by atoms with Gasteiger partial charge in [-0.25, -0.2) is 0 Å². The molecule has 0 saturated heterocycles. The molecular formula is C17H23NOS. The Morgan fingerprint density at radius 3 is 2.85 bits per heavy atom. The average Bonchev–Trinajstić information content (AvgIpc) is 2.94. The van der Waals surface area contributed by atoms with E-state index >= 15 is 0 Å². The number of hydrogen-bond donors (Lipinski definition) is 1. The normalized spacial score (nSPS) is 12.3. The maximum Gasteiger partial charge on any atom is 0.122 e. The van der Waals surface area contributed by atoms with Crippen LogP contribution in [0.4, 0.5) is 0 Å². The van der Waals surface area contributed by atoms with E-state index in [0.717, 1.165) is 31.6 Å². The van der Waals surface area contributed by atoms with E-state index in [1.54, 1.807) is 11.3 Å². The summed E-state index contributed by atoms with van der Waals surface area (Å²) in [6.07, 6.45) is 2.83. The van der Waals surface area contributed by atoms with E-state index < -0.39 is 0 Å². The van der Waals surface area contributed by atoms with Gasteiger partial charge in [0.25, 0.3) is 0 Å². The Labute approximate surface area is 125 Å². The summed E-state index contributed by atoms with van der Waals surface area (Å²) in [5, 5.41) is 2.10. The third-order valence-electron chi connectivity index (χ3n) is 3.41. The summed E-state index contributed by atoms with van der Waals surface area (Å²) in [5.41, 5.74) is 8.56. The molecule has 1 atom stereocenters. The van der Waals surface area contributed by atoms with Gasteiger partial charge in [0.2, 0.25) is 0 Å². The Kier molecular flexibility index (Phi) is 5.62. The van der Waals surface area contributed by atoms with E-state index in [9.17, 15) is 0 Å². The van der Waals surface area contributed by atoms with Crippen molar-refractivity contribution < 1.29 is 4.74 Å². The quantitative estimate of drug-likeness (QED) is 0.837. The van der Waals surface area contributed by atoms with Gasteiger partial charge >= 0.3 is 0 Å². The highest BCUT2D eigenvalue weighted by Crippen LogP contribution is 2.22. The van der Waals surface area contributed by atoms with Crippen molar-refractivity contribution in [2.75, 3.05) is 6.61 Å². The molecule has 2 nitrogen and oxygen atoms in total. The molecule has 1 aromatic heterocycles. The van der Waals surface area contributed by atoms with Crippen molar-refractivity contribution in [2.24, 2.45) is 5.73 Å². The second kappa shape index (κ2) is 7.46. The molecule has 1 heterocycles. The van der Waals surface area contributed by atoms with Gasteiger partial charge in [0.1, 0.15) is 5.75 Å². The molecule has 0 aliphatic rings. The highest BCUT2D eigenvalue weighted by molar-refractivity contribution is 7.09. The van der Waals surface area contributed by atoms with Gasteiger partial charge in [0, 0.05) is 17.3 Å². The smallest absolute Gasteiger partial charge is 0.122 e. The van der Waals surface area contributed by atoms with Crippen molar-refractivity contribution in [3.8, 4) is 5.75 Å². The largest absolute Gasteiger partial charge is 0.493 e. The molecule has 2 rings (SSSR count). The Morgan fingerprint density at radius 2 is 2.15 bits per heavy atom. The molecule has 0 bridgehead atoms. The lowest BCUT2D eigenvalue weighted by atomic mass is 10.0. The zero-order chi connectivity index (χ0) is 14.4. The molecule has 2 N–H and O–H groups in total. The highest BCUT2D eigenvalue weighted by atomic mass is 32.1. The van der Waals surface area contributed by atoms with Gasteiger partial charge in [0.05, 0.1) is 6.61 Å². The van der Waals surface area contributed by atoms with Crippen LogP contribution in [0.25, 0.3) is 0 Å². The predicted molar refractivity (Wildman–Crippen MR) is 86.7 cm³/mol. The molecule has 2 aromatic rings. The van der Waals surface area contributed by atoms with E-state index in [2.05, 4.69) is 49.6 Å². The average molecular weight is 289 g/mol. The van der Waals surface area contributed by atoms with Gasteiger partial charge in [-0.3, -0.25) is 0 Å². The van der Waals surface area contributed by atoms with Crippen LogP contribution in [-0.2, 0) is 12.8 Å². The van der Waals surface area contributed by atoms with Crippen LogP contribution in [-0.4, -0.2) is 12.6 Å². The van der Waals surface area contributed by atoms with Crippen LogP contribution < -0.4 is 10.5 Å². The molecule has 0 aliphatic carbocycles. The second-order valence-electron chi connectivity index (χ2n) is 5.16. The monoisotopic (exact) mass is 289 g/mol. The van der Waals surface area contributed by atoms with Crippen molar-refractivity contribution >= 4 is 11.3 Å². The Morgan fingerprint density at radius 1 is 1.30 bits per heavy atom. The summed E-state index contributed by atoms with van der Waals surface area (Å²) in [4.78, 5) is 1.36. The fraction of sp³-hybridized carbons (Fsp3) is 0.412. The zero-order valence-corrected chi connectivity index (χ0v) is 13.1.